The predicted molar refractivity (Wildman–Crippen MR) is 67.3 cm³/mol. The zero-order chi connectivity index (χ0) is 12.6. The largest absolute Gasteiger partial charge is 0.495 e. The molecule has 0 spiro atoms. The highest BCUT2D eigenvalue weighted by Crippen LogP contribution is 2.36. The monoisotopic (exact) mass is 321 g/mol. The highest BCUT2D eigenvalue weighted by atomic mass is 79.9. The molecule has 17 heavy (non-hydrogen) atoms. The first-order valence-corrected chi connectivity index (χ1v) is 6.23. The van der Waals surface area contributed by atoms with Gasteiger partial charge >= 0.3 is 0 Å². The highest BCUT2D eigenvalue weighted by Gasteiger charge is 2.31. The molecule has 6 heteroatoms. The number of benzene rings is 1. The lowest BCUT2D eigenvalue weighted by molar-refractivity contribution is -0.117. The molecule has 3 nitrogen and oxygen atoms in total. The first-order chi connectivity index (χ1) is 8.02. The van der Waals surface area contributed by atoms with Gasteiger partial charge in [-0.3, -0.25) is 4.79 Å². The van der Waals surface area contributed by atoms with E-state index in [0.717, 1.165) is 0 Å². The van der Waals surface area contributed by atoms with Gasteiger partial charge in [-0.2, -0.15) is 0 Å². The van der Waals surface area contributed by atoms with E-state index < -0.39 is 5.82 Å². The number of anilines is 1. The lowest BCUT2D eigenvalue weighted by atomic mass is 10.2. The SMILES string of the molecule is COc1cc(Br)c(F)cc1N1CC(Cl)CC1=O. The maximum absolute atomic E-state index is 13.5. The molecule has 2 rings (SSSR count). The minimum Gasteiger partial charge on any atom is -0.495 e. The van der Waals surface area contributed by atoms with E-state index in [-0.39, 0.29) is 17.7 Å². The van der Waals surface area contributed by atoms with Crippen LogP contribution in [0.15, 0.2) is 16.6 Å². The Labute approximate surface area is 112 Å². The summed E-state index contributed by atoms with van der Waals surface area (Å²) >= 11 is 8.98. The van der Waals surface area contributed by atoms with Crippen molar-refractivity contribution in [3.8, 4) is 5.75 Å². The van der Waals surface area contributed by atoms with Gasteiger partial charge in [0, 0.05) is 19.0 Å². The van der Waals surface area contributed by atoms with Crippen molar-refractivity contribution in [1.82, 2.24) is 0 Å². The fourth-order valence-corrected chi connectivity index (χ4v) is 2.38. The predicted octanol–water partition coefficient (Wildman–Crippen LogP) is 2.94. The van der Waals surface area contributed by atoms with Crippen molar-refractivity contribution in [3.05, 3.63) is 22.4 Å². The van der Waals surface area contributed by atoms with Crippen LogP contribution in [0.5, 0.6) is 5.75 Å². The molecule has 0 bridgehead atoms. The van der Waals surface area contributed by atoms with E-state index in [0.29, 0.717) is 22.5 Å². The zero-order valence-electron chi connectivity index (χ0n) is 9.04. The van der Waals surface area contributed by atoms with Crippen LogP contribution in [-0.4, -0.2) is 24.9 Å². The maximum atomic E-state index is 13.5. The Morgan fingerprint density at radius 1 is 1.59 bits per heavy atom. The van der Waals surface area contributed by atoms with Gasteiger partial charge in [-0.1, -0.05) is 0 Å². The van der Waals surface area contributed by atoms with E-state index in [4.69, 9.17) is 16.3 Å². The molecule has 1 saturated heterocycles. The number of rotatable bonds is 2. The number of alkyl halides is 1. The van der Waals surface area contributed by atoms with Crippen LogP contribution >= 0.6 is 27.5 Å². The standard InChI is InChI=1S/C11H10BrClFNO2/c1-17-10-3-7(12)8(14)4-9(10)15-5-6(13)2-11(15)16/h3-4,6H,2,5H2,1H3. The number of carbonyl (C=O) groups is 1. The summed E-state index contributed by atoms with van der Waals surface area (Å²) < 4.78 is 18.9. The third-order valence-corrected chi connectivity index (χ3v) is 3.49. The molecule has 92 valence electrons. The van der Waals surface area contributed by atoms with Crippen molar-refractivity contribution in [2.24, 2.45) is 0 Å². The summed E-state index contributed by atoms with van der Waals surface area (Å²) in [6.45, 7) is 0.373. The van der Waals surface area contributed by atoms with Crippen molar-refractivity contribution in [2.75, 3.05) is 18.6 Å². The number of ether oxygens (including phenoxy) is 1. The summed E-state index contributed by atoms with van der Waals surface area (Å²) in [6, 6.07) is 2.77. The number of halogens is 3. The number of carbonyl (C=O) groups excluding carboxylic acids is 1. The second kappa shape index (κ2) is 4.82. The Bertz CT molecular complexity index is 469. The first kappa shape index (κ1) is 12.6. The molecule has 1 fully saturated rings. The van der Waals surface area contributed by atoms with E-state index in [1.165, 1.54) is 24.1 Å². The van der Waals surface area contributed by atoms with E-state index in [1.54, 1.807) is 0 Å². The van der Waals surface area contributed by atoms with Gasteiger partial charge in [-0.05, 0) is 22.0 Å². The first-order valence-electron chi connectivity index (χ1n) is 5.00. The second-order valence-corrected chi connectivity index (χ2v) is 5.22. The van der Waals surface area contributed by atoms with Crippen LogP contribution in [-0.2, 0) is 4.79 Å². The Kier molecular flexibility index (Phi) is 3.58. The maximum Gasteiger partial charge on any atom is 0.228 e. The minimum atomic E-state index is -0.438. The Balaban J connectivity index is 2.44. The van der Waals surface area contributed by atoms with Gasteiger partial charge in [0.05, 0.1) is 22.6 Å². The number of nitrogens with zero attached hydrogens (tertiary/aromatic N) is 1. The summed E-state index contributed by atoms with van der Waals surface area (Å²) in [5.41, 5.74) is 0.418. The molecule has 0 radical (unpaired) electrons. The van der Waals surface area contributed by atoms with Gasteiger partial charge in [-0.25, -0.2) is 4.39 Å². The Morgan fingerprint density at radius 3 is 2.82 bits per heavy atom. The molecule has 0 N–H and O–H groups in total. The summed E-state index contributed by atoms with van der Waals surface area (Å²) in [5, 5.41) is -0.237. The molecule has 1 atom stereocenters. The molecule has 1 amide bonds. The van der Waals surface area contributed by atoms with Gasteiger partial charge in [0.1, 0.15) is 11.6 Å². The van der Waals surface area contributed by atoms with Crippen molar-refractivity contribution < 1.29 is 13.9 Å². The Morgan fingerprint density at radius 2 is 2.29 bits per heavy atom. The Hall–Kier alpha value is -0.810. The quantitative estimate of drug-likeness (QED) is 0.784. The van der Waals surface area contributed by atoms with Crippen molar-refractivity contribution in [1.29, 1.82) is 0 Å². The smallest absolute Gasteiger partial charge is 0.228 e. The molecule has 0 aromatic heterocycles. The zero-order valence-corrected chi connectivity index (χ0v) is 11.4. The summed E-state index contributed by atoms with van der Waals surface area (Å²) in [5.74, 6) is -0.117. The lowest BCUT2D eigenvalue weighted by Gasteiger charge is -2.19. The van der Waals surface area contributed by atoms with Crippen molar-refractivity contribution in [2.45, 2.75) is 11.8 Å². The molecule has 1 aromatic carbocycles. The van der Waals surface area contributed by atoms with Crippen LogP contribution in [0.3, 0.4) is 0 Å². The average Bonchev–Trinajstić information content (AvgIpc) is 2.61. The average molecular weight is 323 g/mol. The molecule has 1 aliphatic heterocycles. The van der Waals surface area contributed by atoms with Crippen LogP contribution in [0.4, 0.5) is 10.1 Å². The third kappa shape index (κ3) is 2.40. The number of amides is 1. The highest BCUT2D eigenvalue weighted by molar-refractivity contribution is 9.10. The van der Waals surface area contributed by atoms with Crippen LogP contribution in [0.2, 0.25) is 0 Å². The molecule has 1 aliphatic rings. The molecule has 1 heterocycles. The van der Waals surface area contributed by atoms with Gasteiger partial charge in [0.2, 0.25) is 5.91 Å². The van der Waals surface area contributed by atoms with Crippen LogP contribution in [0.25, 0.3) is 0 Å². The minimum absolute atomic E-state index is 0.120. The molecule has 1 aromatic rings. The van der Waals surface area contributed by atoms with Crippen LogP contribution < -0.4 is 9.64 Å². The summed E-state index contributed by atoms with van der Waals surface area (Å²) in [4.78, 5) is 13.2. The molecule has 0 aliphatic carbocycles. The van der Waals surface area contributed by atoms with E-state index >= 15 is 0 Å². The third-order valence-electron chi connectivity index (χ3n) is 2.59. The number of methoxy groups -OCH3 is 1. The van der Waals surface area contributed by atoms with Crippen LogP contribution in [0.1, 0.15) is 6.42 Å². The number of hydrogen-bond donors (Lipinski definition) is 0. The van der Waals surface area contributed by atoms with E-state index in [1.807, 2.05) is 0 Å². The molecular formula is C11H10BrClFNO2. The fraction of sp³-hybridized carbons (Fsp3) is 0.364. The van der Waals surface area contributed by atoms with E-state index in [2.05, 4.69) is 15.9 Å². The topological polar surface area (TPSA) is 29.5 Å². The normalized spacial score (nSPS) is 19.9. The van der Waals surface area contributed by atoms with Crippen molar-refractivity contribution >= 4 is 39.1 Å². The van der Waals surface area contributed by atoms with Gasteiger partial charge in [0.25, 0.3) is 0 Å². The molecule has 1 unspecified atom stereocenters. The molecular weight excluding hydrogens is 312 g/mol. The van der Waals surface area contributed by atoms with E-state index in [9.17, 15) is 9.18 Å². The summed E-state index contributed by atoms with van der Waals surface area (Å²) in [6.07, 6.45) is 0.266. The molecule has 0 saturated carbocycles. The summed E-state index contributed by atoms with van der Waals surface area (Å²) in [7, 11) is 1.47. The van der Waals surface area contributed by atoms with Gasteiger partial charge in [0.15, 0.2) is 0 Å². The lowest BCUT2D eigenvalue weighted by Crippen LogP contribution is -2.25. The van der Waals surface area contributed by atoms with Crippen molar-refractivity contribution in [3.63, 3.8) is 0 Å². The van der Waals surface area contributed by atoms with Gasteiger partial charge in [-0.15, -0.1) is 11.6 Å². The number of hydrogen-bond acceptors (Lipinski definition) is 2. The fourth-order valence-electron chi connectivity index (χ4n) is 1.79. The van der Waals surface area contributed by atoms with Crippen LogP contribution in [0, 0.1) is 5.82 Å². The second-order valence-electron chi connectivity index (χ2n) is 3.74. The van der Waals surface area contributed by atoms with Gasteiger partial charge < -0.3 is 9.64 Å².